The highest BCUT2D eigenvalue weighted by molar-refractivity contribution is 7.89. The molecule has 2 aliphatic heterocycles. The number of benzene rings is 1. The van der Waals surface area contributed by atoms with Crippen LogP contribution >= 0.6 is 0 Å². The van der Waals surface area contributed by atoms with Gasteiger partial charge in [0.1, 0.15) is 6.04 Å². The molecular formula is C18H24N2O5S. The van der Waals surface area contributed by atoms with E-state index in [1.54, 1.807) is 0 Å². The number of sulfonamides is 1. The van der Waals surface area contributed by atoms with Crippen molar-refractivity contribution in [1.82, 2.24) is 9.21 Å². The summed E-state index contributed by atoms with van der Waals surface area (Å²) < 4.78 is 26.9. The zero-order valence-electron chi connectivity index (χ0n) is 14.8. The summed E-state index contributed by atoms with van der Waals surface area (Å²) in [5.41, 5.74) is 0.310. The maximum absolute atomic E-state index is 12.7. The minimum absolute atomic E-state index is 0.166. The van der Waals surface area contributed by atoms with E-state index in [2.05, 4.69) is 6.92 Å². The van der Waals surface area contributed by atoms with Crippen LogP contribution in [0, 0.1) is 5.92 Å². The molecule has 0 bridgehead atoms. The van der Waals surface area contributed by atoms with Gasteiger partial charge in [-0.3, -0.25) is 4.79 Å². The van der Waals surface area contributed by atoms with E-state index >= 15 is 0 Å². The molecule has 3 rings (SSSR count). The normalized spacial score (nSPS) is 22.5. The molecule has 1 atom stereocenters. The van der Waals surface area contributed by atoms with Crippen molar-refractivity contribution in [1.29, 1.82) is 0 Å². The Morgan fingerprint density at radius 2 is 1.65 bits per heavy atom. The predicted molar refractivity (Wildman–Crippen MR) is 95.3 cm³/mol. The number of rotatable bonds is 4. The van der Waals surface area contributed by atoms with Crippen LogP contribution in [0.25, 0.3) is 0 Å². The zero-order chi connectivity index (χ0) is 18.9. The van der Waals surface area contributed by atoms with Crippen LogP contribution in [0.2, 0.25) is 0 Å². The van der Waals surface area contributed by atoms with Crippen molar-refractivity contribution in [3.63, 3.8) is 0 Å². The molecule has 0 unspecified atom stereocenters. The Bertz CT molecular complexity index is 782. The second kappa shape index (κ2) is 7.36. The first-order valence-corrected chi connectivity index (χ1v) is 10.4. The number of aliphatic carboxylic acids is 1. The van der Waals surface area contributed by atoms with Gasteiger partial charge in [0, 0.05) is 25.2 Å². The van der Waals surface area contributed by atoms with E-state index in [9.17, 15) is 23.1 Å². The summed E-state index contributed by atoms with van der Waals surface area (Å²) in [4.78, 5) is 25.3. The van der Waals surface area contributed by atoms with Crippen molar-refractivity contribution in [3.8, 4) is 0 Å². The molecule has 2 heterocycles. The van der Waals surface area contributed by atoms with Crippen LogP contribution in [-0.4, -0.2) is 60.3 Å². The second-order valence-electron chi connectivity index (χ2n) is 7.11. The molecule has 142 valence electrons. The first kappa shape index (κ1) is 18.8. The van der Waals surface area contributed by atoms with Crippen molar-refractivity contribution in [3.05, 3.63) is 29.8 Å². The zero-order valence-corrected chi connectivity index (χ0v) is 15.6. The molecule has 2 saturated heterocycles. The van der Waals surface area contributed by atoms with Crippen LogP contribution in [0.5, 0.6) is 0 Å². The molecule has 0 saturated carbocycles. The highest BCUT2D eigenvalue weighted by Gasteiger charge is 2.34. The van der Waals surface area contributed by atoms with Crippen LogP contribution in [0.3, 0.4) is 0 Å². The lowest BCUT2D eigenvalue weighted by Crippen LogP contribution is -2.40. The summed E-state index contributed by atoms with van der Waals surface area (Å²) >= 11 is 0. The predicted octanol–water partition coefficient (Wildman–Crippen LogP) is 1.80. The third-order valence-corrected chi connectivity index (χ3v) is 7.19. The third kappa shape index (κ3) is 3.61. The minimum Gasteiger partial charge on any atom is -0.480 e. The molecule has 1 amide bonds. The van der Waals surface area contributed by atoms with Crippen molar-refractivity contribution in [2.75, 3.05) is 19.6 Å². The highest BCUT2D eigenvalue weighted by atomic mass is 32.2. The first-order valence-electron chi connectivity index (χ1n) is 8.94. The summed E-state index contributed by atoms with van der Waals surface area (Å²) in [7, 11) is -3.56. The van der Waals surface area contributed by atoms with Gasteiger partial charge in [-0.1, -0.05) is 6.92 Å². The van der Waals surface area contributed by atoms with E-state index < -0.39 is 22.0 Å². The number of amides is 1. The van der Waals surface area contributed by atoms with E-state index in [0.717, 1.165) is 12.8 Å². The Morgan fingerprint density at radius 3 is 2.23 bits per heavy atom. The maximum Gasteiger partial charge on any atom is 0.326 e. The number of piperidine rings is 1. The molecule has 0 spiro atoms. The highest BCUT2D eigenvalue weighted by Crippen LogP contribution is 2.25. The minimum atomic E-state index is -3.56. The standard InChI is InChI=1S/C18H24N2O5S/c1-13-8-11-19(12-9-13)26(24,25)15-6-4-14(5-7-15)17(21)20-10-2-3-16(20)18(22)23/h4-7,13,16H,2-3,8-12H2,1H3,(H,22,23)/t16-/m0/s1. The molecule has 1 N–H and O–H groups in total. The fourth-order valence-electron chi connectivity index (χ4n) is 3.58. The number of carboxylic acids is 1. The third-order valence-electron chi connectivity index (χ3n) is 5.28. The monoisotopic (exact) mass is 380 g/mol. The molecule has 0 radical (unpaired) electrons. The molecule has 2 aliphatic rings. The smallest absolute Gasteiger partial charge is 0.326 e. The van der Waals surface area contributed by atoms with Crippen LogP contribution in [0.1, 0.15) is 43.0 Å². The average molecular weight is 380 g/mol. The quantitative estimate of drug-likeness (QED) is 0.859. The number of carbonyl (C=O) groups excluding carboxylic acids is 1. The summed E-state index contributed by atoms with van der Waals surface area (Å²) in [6.07, 6.45) is 2.80. The van der Waals surface area contributed by atoms with Gasteiger partial charge in [-0.25, -0.2) is 13.2 Å². The molecule has 8 heteroatoms. The second-order valence-corrected chi connectivity index (χ2v) is 9.04. The Morgan fingerprint density at radius 1 is 1.04 bits per heavy atom. The van der Waals surface area contributed by atoms with Crippen LogP contribution in [0.4, 0.5) is 0 Å². The van der Waals surface area contributed by atoms with Gasteiger partial charge in [0.2, 0.25) is 10.0 Å². The lowest BCUT2D eigenvalue weighted by atomic mass is 10.0. The first-order chi connectivity index (χ1) is 12.3. The molecule has 2 fully saturated rings. The SMILES string of the molecule is CC1CCN(S(=O)(=O)c2ccc(C(=O)N3CCC[C@H]3C(=O)O)cc2)CC1. The molecule has 0 aliphatic carbocycles. The summed E-state index contributed by atoms with van der Waals surface area (Å²) in [5.74, 6) is -0.843. The fraction of sp³-hybridized carbons (Fsp3) is 0.556. The molecule has 1 aromatic carbocycles. The topological polar surface area (TPSA) is 95.0 Å². The van der Waals surface area contributed by atoms with Crippen molar-refractivity contribution in [2.24, 2.45) is 5.92 Å². The molecule has 0 aromatic heterocycles. The Labute approximate surface area is 153 Å². The van der Waals surface area contributed by atoms with Gasteiger partial charge < -0.3 is 10.0 Å². The van der Waals surface area contributed by atoms with Crippen LogP contribution < -0.4 is 0 Å². The molecular weight excluding hydrogens is 356 g/mol. The van der Waals surface area contributed by atoms with Gasteiger partial charge >= 0.3 is 5.97 Å². The van der Waals surface area contributed by atoms with Crippen molar-refractivity contribution in [2.45, 2.75) is 43.5 Å². The molecule has 7 nitrogen and oxygen atoms in total. The van der Waals surface area contributed by atoms with Gasteiger partial charge in [0.25, 0.3) is 5.91 Å². The fourth-order valence-corrected chi connectivity index (χ4v) is 5.05. The number of hydrogen-bond donors (Lipinski definition) is 1. The van der Waals surface area contributed by atoms with Gasteiger partial charge in [-0.15, -0.1) is 0 Å². The Kier molecular flexibility index (Phi) is 5.34. The van der Waals surface area contributed by atoms with Gasteiger partial charge in [0.15, 0.2) is 0 Å². The summed E-state index contributed by atoms with van der Waals surface area (Å²) in [6.45, 7) is 3.55. The summed E-state index contributed by atoms with van der Waals surface area (Å²) in [6, 6.07) is 5.01. The lowest BCUT2D eigenvalue weighted by molar-refractivity contribution is -0.141. The Balaban J connectivity index is 1.76. The van der Waals surface area contributed by atoms with Crippen molar-refractivity contribution < 1.29 is 23.1 Å². The van der Waals surface area contributed by atoms with Gasteiger partial charge in [-0.05, 0) is 55.9 Å². The van der Waals surface area contributed by atoms with E-state index in [1.807, 2.05) is 0 Å². The Hall–Kier alpha value is -1.93. The van der Waals surface area contributed by atoms with E-state index in [-0.39, 0.29) is 10.8 Å². The number of hydrogen-bond acceptors (Lipinski definition) is 4. The maximum atomic E-state index is 12.7. The molecule has 26 heavy (non-hydrogen) atoms. The molecule has 1 aromatic rings. The van der Waals surface area contributed by atoms with Crippen LogP contribution in [-0.2, 0) is 14.8 Å². The van der Waals surface area contributed by atoms with E-state index in [1.165, 1.54) is 33.5 Å². The number of carboxylic acid groups (broad SMARTS) is 1. The summed E-state index contributed by atoms with van der Waals surface area (Å²) in [5, 5.41) is 9.21. The largest absolute Gasteiger partial charge is 0.480 e. The number of carbonyl (C=O) groups is 2. The van der Waals surface area contributed by atoms with Crippen LogP contribution in [0.15, 0.2) is 29.2 Å². The number of likely N-dealkylation sites (tertiary alicyclic amines) is 1. The van der Waals surface area contributed by atoms with E-state index in [0.29, 0.717) is 44.0 Å². The lowest BCUT2D eigenvalue weighted by Gasteiger charge is -2.29. The van der Waals surface area contributed by atoms with E-state index in [4.69, 9.17) is 0 Å². The average Bonchev–Trinajstić information content (AvgIpc) is 3.11. The number of nitrogens with zero attached hydrogens (tertiary/aromatic N) is 2. The van der Waals surface area contributed by atoms with Crippen molar-refractivity contribution >= 4 is 21.9 Å². The van der Waals surface area contributed by atoms with Gasteiger partial charge in [-0.2, -0.15) is 4.31 Å². The van der Waals surface area contributed by atoms with Gasteiger partial charge in [0.05, 0.1) is 4.90 Å².